The van der Waals surface area contributed by atoms with Crippen molar-refractivity contribution in [3.63, 3.8) is 0 Å². The molecule has 1 heterocycles. The van der Waals surface area contributed by atoms with Crippen molar-refractivity contribution < 1.29 is 8.78 Å². The van der Waals surface area contributed by atoms with Gasteiger partial charge in [0.15, 0.2) is 0 Å². The Kier molecular flexibility index (Phi) is 3.66. The number of hydrogen-bond acceptors (Lipinski definition) is 1. The van der Waals surface area contributed by atoms with Crippen LogP contribution in [0.15, 0.2) is 11.0 Å². The van der Waals surface area contributed by atoms with Crippen molar-refractivity contribution in [3.8, 4) is 0 Å². The van der Waals surface area contributed by atoms with Gasteiger partial charge < -0.3 is 4.98 Å². The molecule has 0 bridgehead atoms. The molecule has 0 radical (unpaired) electrons. The second-order valence-electron chi connectivity index (χ2n) is 2.30. The average molecular weight is 319 g/mol. The maximum absolute atomic E-state index is 12.3. The highest BCUT2D eigenvalue weighted by Gasteiger charge is 2.16. The fraction of sp³-hybridized carbons (Fsp3) is 0.286. The lowest BCUT2D eigenvalue weighted by Crippen LogP contribution is -2.14. The molecule has 1 rings (SSSR count). The topological polar surface area (TPSA) is 32.9 Å². The first-order chi connectivity index (χ1) is 6.07. The summed E-state index contributed by atoms with van der Waals surface area (Å²) in [5, 5.41) is 0. The number of pyridine rings is 1. The van der Waals surface area contributed by atoms with E-state index >= 15 is 0 Å². The molecule has 6 heteroatoms. The van der Waals surface area contributed by atoms with E-state index in [1.54, 1.807) is 22.6 Å². The van der Waals surface area contributed by atoms with E-state index in [0.717, 1.165) is 6.20 Å². The molecule has 0 saturated carbocycles. The summed E-state index contributed by atoms with van der Waals surface area (Å²) in [6.45, 7) is 0. The summed E-state index contributed by atoms with van der Waals surface area (Å²) >= 11 is 7.14. The van der Waals surface area contributed by atoms with Gasteiger partial charge >= 0.3 is 0 Å². The largest absolute Gasteiger partial charge is 0.328 e. The molecule has 0 saturated heterocycles. The van der Waals surface area contributed by atoms with Gasteiger partial charge in [-0.1, -0.05) is 0 Å². The van der Waals surface area contributed by atoms with Gasteiger partial charge in [0.1, 0.15) is 0 Å². The summed E-state index contributed by atoms with van der Waals surface area (Å²) in [5.41, 5.74) is -0.403. The van der Waals surface area contributed by atoms with Gasteiger partial charge in [-0.15, -0.1) is 11.6 Å². The van der Waals surface area contributed by atoms with Crippen molar-refractivity contribution in [2.75, 3.05) is 0 Å². The third-order valence-electron chi connectivity index (χ3n) is 1.52. The number of H-pyrrole nitrogens is 1. The Morgan fingerprint density at radius 3 is 2.69 bits per heavy atom. The van der Waals surface area contributed by atoms with Crippen molar-refractivity contribution in [2.24, 2.45) is 0 Å². The van der Waals surface area contributed by atoms with Gasteiger partial charge in [0, 0.05) is 20.9 Å². The normalized spacial score (nSPS) is 10.8. The Bertz CT molecular complexity index is 366. The minimum Gasteiger partial charge on any atom is -0.328 e. The Balaban J connectivity index is 3.36. The summed E-state index contributed by atoms with van der Waals surface area (Å²) in [6, 6.07) is 0. The number of nitrogens with one attached hydrogen (secondary N) is 1. The van der Waals surface area contributed by atoms with E-state index in [-0.39, 0.29) is 20.6 Å². The molecule has 1 aromatic heterocycles. The Hall–Kier alpha value is -0.170. The van der Waals surface area contributed by atoms with Crippen molar-refractivity contribution >= 4 is 34.2 Å². The highest BCUT2D eigenvalue weighted by molar-refractivity contribution is 14.1. The van der Waals surface area contributed by atoms with E-state index in [1.807, 2.05) is 0 Å². The molecule has 0 aliphatic heterocycles. The zero-order valence-corrected chi connectivity index (χ0v) is 9.20. The van der Waals surface area contributed by atoms with Gasteiger partial charge in [-0.25, -0.2) is 8.78 Å². The molecule has 2 nitrogen and oxygen atoms in total. The molecule has 13 heavy (non-hydrogen) atoms. The number of rotatable bonds is 2. The summed E-state index contributed by atoms with van der Waals surface area (Å²) < 4.78 is 24.9. The number of halogens is 4. The maximum atomic E-state index is 12.3. The third kappa shape index (κ3) is 2.19. The molecule has 72 valence electrons. The zero-order valence-electron chi connectivity index (χ0n) is 6.28. The van der Waals surface area contributed by atoms with Gasteiger partial charge in [-0.05, 0) is 22.6 Å². The van der Waals surface area contributed by atoms with E-state index in [0.29, 0.717) is 0 Å². The highest BCUT2D eigenvalue weighted by atomic mass is 127. The molecule has 0 spiro atoms. The van der Waals surface area contributed by atoms with Gasteiger partial charge in [-0.2, -0.15) is 0 Å². The van der Waals surface area contributed by atoms with Gasteiger partial charge in [0.25, 0.3) is 12.0 Å². The molecule has 1 N–H and O–H groups in total. The molecule has 0 fully saturated rings. The van der Waals surface area contributed by atoms with Gasteiger partial charge in [0.2, 0.25) is 0 Å². The molecule has 0 aliphatic carbocycles. The Labute approximate surface area is 91.4 Å². The van der Waals surface area contributed by atoms with Crippen LogP contribution in [0, 0.1) is 3.57 Å². The summed E-state index contributed by atoms with van der Waals surface area (Å²) in [5.74, 6) is -0.0613. The number of aromatic amines is 1. The molecule has 0 amide bonds. The monoisotopic (exact) mass is 319 g/mol. The predicted octanol–water partition coefficient (Wildman–Crippen LogP) is 2.66. The van der Waals surface area contributed by atoms with Crippen molar-refractivity contribution in [1.82, 2.24) is 4.98 Å². The van der Waals surface area contributed by atoms with E-state index in [9.17, 15) is 13.6 Å². The molecular weight excluding hydrogens is 314 g/mol. The van der Waals surface area contributed by atoms with Crippen molar-refractivity contribution in [1.29, 1.82) is 0 Å². The zero-order chi connectivity index (χ0) is 10.0. The Morgan fingerprint density at radius 1 is 1.62 bits per heavy atom. The molecule has 0 aliphatic rings. The first kappa shape index (κ1) is 10.9. The number of hydrogen-bond donors (Lipinski definition) is 1. The van der Waals surface area contributed by atoms with E-state index in [4.69, 9.17) is 11.6 Å². The molecular formula is C7H5ClF2INO. The van der Waals surface area contributed by atoms with Crippen LogP contribution in [0.25, 0.3) is 0 Å². The van der Waals surface area contributed by atoms with Crippen LogP contribution in [0.5, 0.6) is 0 Å². The quantitative estimate of drug-likeness (QED) is 0.660. The summed E-state index contributed by atoms with van der Waals surface area (Å²) in [4.78, 5) is 13.3. The minimum absolute atomic E-state index is 0.0613. The molecule has 0 aromatic carbocycles. The number of alkyl halides is 3. The van der Waals surface area contributed by atoms with Crippen LogP contribution < -0.4 is 5.56 Å². The van der Waals surface area contributed by atoms with Crippen LogP contribution >= 0.6 is 34.2 Å². The molecule has 0 atom stereocenters. The fourth-order valence-electron chi connectivity index (χ4n) is 0.846. The lowest BCUT2D eigenvalue weighted by atomic mass is 10.2. The highest BCUT2D eigenvalue weighted by Crippen LogP contribution is 2.24. The van der Waals surface area contributed by atoms with E-state index < -0.39 is 12.0 Å². The summed E-state index contributed by atoms with van der Waals surface area (Å²) in [6.07, 6.45) is -1.57. The smallest absolute Gasteiger partial charge is 0.266 e. The lowest BCUT2D eigenvalue weighted by Gasteiger charge is -2.05. The number of aromatic nitrogens is 1. The molecule has 1 aromatic rings. The maximum Gasteiger partial charge on any atom is 0.266 e. The fourth-order valence-corrected chi connectivity index (χ4v) is 2.15. The lowest BCUT2D eigenvalue weighted by molar-refractivity contribution is 0.150. The minimum atomic E-state index is -2.59. The van der Waals surface area contributed by atoms with Gasteiger partial charge in [0.05, 0.1) is 5.88 Å². The van der Waals surface area contributed by atoms with E-state index in [1.165, 1.54) is 0 Å². The second-order valence-corrected chi connectivity index (χ2v) is 3.65. The van der Waals surface area contributed by atoms with Crippen LogP contribution in [-0.2, 0) is 5.88 Å². The SMILES string of the molecule is O=c1[nH]cc(C(F)F)c(I)c1CCl. The standard InChI is InChI=1S/C7H5ClF2INO/c8-1-3-5(11)4(6(9)10)2-12-7(3)13/h2,6H,1H2,(H,12,13). The van der Waals surface area contributed by atoms with Gasteiger partial charge in [-0.3, -0.25) is 4.79 Å². The van der Waals surface area contributed by atoms with Crippen molar-refractivity contribution in [3.05, 3.63) is 31.2 Å². The van der Waals surface area contributed by atoms with Crippen LogP contribution in [0.4, 0.5) is 8.78 Å². The van der Waals surface area contributed by atoms with Crippen LogP contribution in [0.3, 0.4) is 0 Å². The second kappa shape index (κ2) is 4.36. The van der Waals surface area contributed by atoms with Crippen LogP contribution in [0.2, 0.25) is 0 Å². The van der Waals surface area contributed by atoms with Crippen LogP contribution in [0.1, 0.15) is 17.6 Å². The molecule has 0 unspecified atom stereocenters. The predicted molar refractivity (Wildman–Crippen MR) is 54.3 cm³/mol. The van der Waals surface area contributed by atoms with Crippen LogP contribution in [-0.4, -0.2) is 4.98 Å². The first-order valence-electron chi connectivity index (χ1n) is 3.32. The van der Waals surface area contributed by atoms with Crippen molar-refractivity contribution in [2.45, 2.75) is 12.3 Å². The third-order valence-corrected chi connectivity index (χ3v) is 3.06. The van der Waals surface area contributed by atoms with E-state index in [2.05, 4.69) is 4.98 Å². The average Bonchev–Trinajstić information content (AvgIpc) is 2.04. The first-order valence-corrected chi connectivity index (χ1v) is 4.93. The summed E-state index contributed by atoms with van der Waals surface area (Å²) in [7, 11) is 0. The Morgan fingerprint density at radius 2 is 2.23 bits per heavy atom.